The van der Waals surface area contributed by atoms with E-state index in [0.717, 1.165) is 10.5 Å². The predicted molar refractivity (Wildman–Crippen MR) is 101 cm³/mol. The van der Waals surface area contributed by atoms with Gasteiger partial charge in [0.25, 0.3) is 0 Å². The Bertz CT molecular complexity index is 710. The second-order valence-electron chi connectivity index (χ2n) is 6.97. The zero-order chi connectivity index (χ0) is 17.9. The molecule has 0 radical (unpaired) electrons. The van der Waals surface area contributed by atoms with Gasteiger partial charge in [-0.3, -0.25) is 4.21 Å². The summed E-state index contributed by atoms with van der Waals surface area (Å²) >= 11 is 0. The van der Waals surface area contributed by atoms with Crippen LogP contribution in [0.4, 0.5) is 0 Å². The molecule has 4 heteroatoms. The zero-order valence-electron chi connectivity index (χ0n) is 15.1. The SMILES string of the molecule is CC(CC(C)(c1ccccc1)C1(C)OCCO1)S(=O)c1ccccc1. The summed E-state index contributed by atoms with van der Waals surface area (Å²) in [5.41, 5.74) is 0.755. The molecule has 3 unspecified atom stereocenters. The van der Waals surface area contributed by atoms with Crippen molar-refractivity contribution in [2.45, 2.75) is 48.5 Å². The van der Waals surface area contributed by atoms with E-state index >= 15 is 0 Å². The Hall–Kier alpha value is -1.49. The molecule has 0 aromatic heterocycles. The summed E-state index contributed by atoms with van der Waals surface area (Å²) in [4.78, 5) is 0.865. The molecular weight excluding hydrogens is 332 g/mol. The summed E-state index contributed by atoms with van der Waals surface area (Å²) < 4.78 is 25.1. The average molecular weight is 359 g/mol. The fraction of sp³-hybridized carbons (Fsp3) is 0.429. The fourth-order valence-corrected chi connectivity index (χ4v) is 5.02. The standard InChI is InChI=1S/C21H26O3S/c1-17(25(22)19-12-8-5-9-13-19)16-20(2,18-10-6-4-7-11-18)21(3)23-14-15-24-21/h4-13,17H,14-16H2,1-3H3. The number of benzene rings is 2. The molecular formula is C21H26O3S. The smallest absolute Gasteiger partial charge is 0.175 e. The van der Waals surface area contributed by atoms with E-state index in [1.165, 1.54) is 0 Å². The van der Waals surface area contributed by atoms with Crippen LogP contribution in [-0.2, 0) is 25.7 Å². The quantitative estimate of drug-likeness (QED) is 0.772. The second kappa shape index (κ2) is 7.40. The largest absolute Gasteiger partial charge is 0.347 e. The molecule has 0 spiro atoms. The van der Waals surface area contributed by atoms with Crippen LogP contribution in [0.2, 0.25) is 0 Å². The molecule has 1 fully saturated rings. The average Bonchev–Trinajstić information content (AvgIpc) is 3.10. The van der Waals surface area contributed by atoms with E-state index in [2.05, 4.69) is 19.1 Å². The van der Waals surface area contributed by atoms with Gasteiger partial charge in [-0.2, -0.15) is 0 Å². The van der Waals surface area contributed by atoms with Crippen LogP contribution in [0.15, 0.2) is 65.6 Å². The first-order valence-corrected chi connectivity index (χ1v) is 9.97. The summed E-state index contributed by atoms with van der Waals surface area (Å²) in [6.07, 6.45) is 0.703. The Morgan fingerprint density at radius 2 is 1.56 bits per heavy atom. The predicted octanol–water partition coefficient (Wildman–Crippen LogP) is 4.29. The Labute approximate surface area is 152 Å². The third kappa shape index (κ3) is 3.57. The van der Waals surface area contributed by atoms with Gasteiger partial charge < -0.3 is 9.47 Å². The summed E-state index contributed by atoms with van der Waals surface area (Å²) in [5, 5.41) is -0.0303. The summed E-state index contributed by atoms with van der Waals surface area (Å²) in [5.74, 6) is -0.719. The van der Waals surface area contributed by atoms with Gasteiger partial charge in [-0.15, -0.1) is 0 Å². The van der Waals surface area contributed by atoms with E-state index in [9.17, 15) is 4.21 Å². The van der Waals surface area contributed by atoms with E-state index in [1.54, 1.807) is 0 Å². The molecule has 1 saturated heterocycles. The maximum Gasteiger partial charge on any atom is 0.175 e. The topological polar surface area (TPSA) is 35.5 Å². The van der Waals surface area contributed by atoms with Gasteiger partial charge >= 0.3 is 0 Å². The fourth-order valence-electron chi connectivity index (χ4n) is 3.64. The van der Waals surface area contributed by atoms with Crippen molar-refractivity contribution in [3.05, 3.63) is 66.2 Å². The van der Waals surface area contributed by atoms with Gasteiger partial charge in [0.15, 0.2) is 5.79 Å². The Morgan fingerprint density at radius 1 is 1.04 bits per heavy atom. The highest BCUT2D eigenvalue weighted by molar-refractivity contribution is 7.85. The summed E-state index contributed by atoms with van der Waals surface area (Å²) in [6.45, 7) is 7.39. The second-order valence-corrected chi connectivity index (χ2v) is 8.84. The van der Waals surface area contributed by atoms with Crippen molar-refractivity contribution in [2.24, 2.45) is 0 Å². The lowest BCUT2D eigenvalue weighted by molar-refractivity contribution is -0.192. The van der Waals surface area contributed by atoms with Gasteiger partial charge in [0, 0.05) is 15.6 Å². The minimum absolute atomic E-state index is 0.0303. The molecule has 2 aromatic carbocycles. The molecule has 3 nitrogen and oxygen atoms in total. The molecule has 2 aromatic rings. The molecule has 0 bridgehead atoms. The highest BCUT2D eigenvalue weighted by Gasteiger charge is 2.51. The van der Waals surface area contributed by atoms with Crippen LogP contribution in [0.5, 0.6) is 0 Å². The van der Waals surface area contributed by atoms with Gasteiger partial charge in [-0.1, -0.05) is 62.4 Å². The first kappa shape index (κ1) is 18.3. The molecule has 25 heavy (non-hydrogen) atoms. The van der Waals surface area contributed by atoms with Crippen molar-refractivity contribution in [3.63, 3.8) is 0 Å². The number of ether oxygens (including phenoxy) is 2. The highest BCUT2D eigenvalue weighted by atomic mass is 32.2. The van der Waals surface area contributed by atoms with E-state index in [4.69, 9.17) is 9.47 Å². The minimum Gasteiger partial charge on any atom is -0.347 e. The van der Waals surface area contributed by atoms with Gasteiger partial charge in [-0.05, 0) is 31.0 Å². The van der Waals surface area contributed by atoms with Gasteiger partial charge in [0.2, 0.25) is 0 Å². The zero-order valence-corrected chi connectivity index (χ0v) is 15.9. The first-order valence-electron chi connectivity index (χ1n) is 8.75. The summed E-state index contributed by atoms with van der Waals surface area (Å²) in [7, 11) is -1.08. The van der Waals surface area contributed by atoms with E-state index in [-0.39, 0.29) is 5.25 Å². The van der Waals surface area contributed by atoms with Crippen LogP contribution in [0.1, 0.15) is 32.8 Å². The maximum absolute atomic E-state index is 13.0. The monoisotopic (exact) mass is 358 g/mol. The molecule has 1 heterocycles. The van der Waals surface area contributed by atoms with Crippen molar-refractivity contribution in [2.75, 3.05) is 13.2 Å². The van der Waals surface area contributed by atoms with Crippen molar-refractivity contribution in [1.82, 2.24) is 0 Å². The Morgan fingerprint density at radius 3 is 2.12 bits per heavy atom. The Kier molecular flexibility index (Phi) is 5.42. The molecule has 134 valence electrons. The number of hydrogen-bond donors (Lipinski definition) is 0. The van der Waals surface area contributed by atoms with Crippen LogP contribution in [0, 0.1) is 0 Å². The molecule has 0 amide bonds. The third-order valence-corrected chi connectivity index (χ3v) is 6.92. The van der Waals surface area contributed by atoms with Crippen molar-refractivity contribution in [1.29, 1.82) is 0 Å². The lowest BCUT2D eigenvalue weighted by Gasteiger charge is -2.44. The Balaban J connectivity index is 1.92. The third-order valence-electron chi connectivity index (χ3n) is 5.29. The highest BCUT2D eigenvalue weighted by Crippen LogP contribution is 2.45. The molecule has 0 aliphatic carbocycles. The van der Waals surface area contributed by atoms with Crippen molar-refractivity contribution < 1.29 is 13.7 Å². The van der Waals surface area contributed by atoms with Crippen LogP contribution in [-0.4, -0.2) is 28.5 Å². The van der Waals surface area contributed by atoms with Crippen molar-refractivity contribution in [3.8, 4) is 0 Å². The normalized spacial score (nSPS) is 21.4. The van der Waals surface area contributed by atoms with Crippen molar-refractivity contribution >= 4 is 10.8 Å². The molecule has 3 rings (SSSR count). The number of hydrogen-bond acceptors (Lipinski definition) is 3. The lowest BCUT2D eigenvalue weighted by atomic mass is 9.72. The molecule has 0 saturated carbocycles. The van der Waals surface area contributed by atoms with E-state index in [1.807, 2.05) is 62.4 Å². The summed E-state index contributed by atoms with van der Waals surface area (Å²) in [6, 6.07) is 19.9. The number of rotatable bonds is 6. The first-order chi connectivity index (χ1) is 12.0. The van der Waals surface area contributed by atoms with Crippen LogP contribution in [0.25, 0.3) is 0 Å². The lowest BCUT2D eigenvalue weighted by Crippen LogP contribution is -2.50. The molecule has 0 N–H and O–H groups in total. The van der Waals surface area contributed by atoms with Crippen LogP contribution >= 0.6 is 0 Å². The molecule has 1 aliphatic rings. The minimum atomic E-state index is -1.08. The van der Waals surface area contributed by atoms with Gasteiger partial charge in [0.05, 0.1) is 24.0 Å². The van der Waals surface area contributed by atoms with Crippen LogP contribution in [0.3, 0.4) is 0 Å². The molecule has 3 atom stereocenters. The van der Waals surface area contributed by atoms with Crippen LogP contribution < -0.4 is 0 Å². The van der Waals surface area contributed by atoms with E-state index < -0.39 is 22.0 Å². The maximum atomic E-state index is 13.0. The molecule has 1 aliphatic heterocycles. The van der Waals surface area contributed by atoms with E-state index in [0.29, 0.717) is 19.6 Å². The van der Waals surface area contributed by atoms with Gasteiger partial charge in [-0.25, -0.2) is 0 Å². The van der Waals surface area contributed by atoms with Gasteiger partial charge in [0.1, 0.15) is 0 Å².